The first-order chi connectivity index (χ1) is 14.4. The number of halogens is 1. The monoisotopic (exact) mass is 425 g/mol. The second-order valence-electron chi connectivity index (χ2n) is 8.20. The normalized spacial score (nSPS) is 26.5. The van der Waals surface area contributed by atoms with Crippen molar-refractivity contribution < 1.29 is 18.8 Å². The van der Waals surface area contributed by atoms with Crippen molar-refractivity contribution in [1.29, 1.82) is 0 Å². The molecule has 3 aliphatic rings. The van der Waals surface area contributed by atoms with E-state index in [4.69, 9.17) is 0 Å². The molecule has 0 unspecified atom stereocenters. The minimum Gasteiger partial charge on any atom is -0.300 e. The number of carbonyl (C=O) groups is 3. The van der Waals surface area contributed by atoms with Gasteiger partial charge in [0.2, 0.25) is 17.7 Å². The Kier molecular flexibility index (Phi) is 4.54. The molecular weight excluding hydrogens is 405 g/mol. The minimum absolute atomic E-state index is 0.123. The van der Waals surface area contributed by atoms with Gasteiger partial charge >= 0.3 is 0 Å². The Morgan fingerprint density at radius 3 is 2.60 bits per heavy atom. The maximum atomic E-state index is 13.7. The highest BCUT2D eigenvalue weighted by atomic mass is 32.1. The molecule has 0 spiro atoms. The smallest absolute Gasteiger partial charge is 0.246 e. The molecule has 8 heteroatoms. The molecular formula is C22H20FN3O3S. The van der Waals surface area contributed by atoms with Gasteiger partial charge in [-0.05, 0) is 42.4 Å². The molecule has 2 fully saturated rings. The Hall–Kier alpha value is -2.87. The highest BCUT2D eigenvalue weighted by Gasteiger charge is 2.59. The van der Waals surface area contributed by atoms with Gasteiger partial charge in [-0.25, -0.2) is 9.37 Å². The summed E-state index contributed by atoms with van der Waals surface area (Å²) >= 11 is 1.29. The summed E-state index contributed by atoms with van der Waals surface area (Å²) in [6.45, 7) is 1.42. The summed E-state index contributed by atoms with van der Waals surface area (Å²) in [4.78, 5) is 44.0. The Labute approximate surface area is 176 Å². The van der Waals surface area contributed by atoms with Gasteiger partial charge < -0.3 is 5.32 Å². The van der Waals surface area contributed by atoms with Crippen molar-refractivity contribution in [2.75, 3.05) is 11.9 Å². The topological polar surface area (TPSA) is 79.4 Å². The molecule has 1 saturated heterocycles. The number of nitrogens with one attached hydrogen (secondary N) is 1. The van der Waals surface area contributed by atoms with Crippen LogP contribution in [0, 0.1) is 36.4 Å². The number of imide groups is 1. The van der Waals surface area contributed by atoms with Gasteiger partial charge in [-0.3, -0.25) is 19.3 Å². The third kappa shape index (κ3) is 3.15. The minimum atomic E-state index is -0.445. The van der Waals surface area contributed by atoms with E-state index >= 15 is 0 Å². The third-order valence-corrected chi connectivity index (χ3v) is 7.19. The molecule has 2 aromatic rings. The molecule has 4 atom stereocenters. The van der Waals surface area contributed by atoms with Gasteiger partial charge in [-0.15, -0.1) is 11.3 Å². The van der Waals surface area contributed by atoms with Crippen LogP contribution < -0.4 is 5.32 Å². The lowest BCUT2D eigenvalue weighted by Gasteiger charge is -2.16. The van der Waals surface area contributed by atoms with E-state index in [0.717, 1.165) is 21.8 Å². The number of anilines is 1. The molecule has 5 rings (SSSR count). The van der Waals surface area contributed by atoms with Crippen molar-refractivity contribution in [3.05, 3.63) is 58.4 Å². The van der Waals surface area contributed by atoms with Gasteiger partial charge in [-0.2, -0.15) is 0 Å². The van der Waals surface area contributed by atoms with Crippen molar-refractivity contribution in [1.82, 2.24) is 9.88 Å². The average Bonchev–Trinajstić information content (AvgIpc) is 3.47. The molecule has 30 heavy (non-hydrogen) atoms. The van der Waals surface area contributed by atoms with Crippen molar-refractivity contribution in [2.45, 2.75) is 19.8 Å². The molecule has 1 aromatic carbocycles. The van der Waals surface area contributed by atoms with E-state index in [1.54, 1.807) is 19.2 Å². The summed E-state index contributed by atoms with van der Waals surface area (Å²) in [6, 6.07) is 5.09. The fourth-order valence-corrected chi connectivity index (χ4v) is 5.68. The number of aromatic nitrogens is 1. The Morgan fingerprint density at radius 1 is 1.23 bits per heavy atom. The molecule has 2 heterocycles. The van der Waals surface area contributed by atoms with Crippen molar-refractivity contribution in [2.24, 2.45) is 23.7 Å². The quantitative estimate of drug-likeness (QED) is 0.590. The second-order valence-corrected chi connectivity index (χ2v) is 9.32. The van der Waals surface area contributed by atoms with Crippen LogP contribution in [0.4, 0.5) is 9.52 Å². The zero-order valence-corrected chi connectivity index (χ0v) is 17.1. The number of aryl methyl sites for hydroxylation is 1. The number of nitrogens with zero attached hydrogens (tertiary/aromatic N) is 2. The number of hydrogen-bond acceptors (Lipinski definition) is 5. The van der Waals surface area contributed by atoms with Crippen molar-refractivity contribution in [3.8, 4) is 0 Å². The Balaban J connectivity index is 1.21. The van der Waals surface area contributed by atoms with Crippen LogP contribution in [0.2, 0.25) is 0 Å². The van der Waals surface area contributed by atoms with Crippen LogP contribution in [0.25, 0.3) is 0 Å². The summed E-state index contributed by atoms with van der Waals surface area (Å²) in [5, 5.41) is 3.07. The molecule has 2 aliphatic carbocycles. The molecule has 1 aromatic heterocycles. The fourth-order valence-electron chi connectivity index (χ4n) is 4.82. The number of carbonyl (C=O) groups excluding carboxylic acids is 3. The molecule has 154 valence electrons. The van der Waals surface area contributed by atoms with E-state index in [1.807, 2.05) is 18.2 Å². The van der Waals surface area contributed by atoms with Crippen LogP contribution in [-0.4, -0.2) is 34.2 Å². The number of amides is 3. The lowest BCUT2D eigenvalue weighted by Crippen LogP contribution is -2.39. The van der Waals surface area contributed by atoms with Gasteiger partial charge in [-0.1, -0.05) is 24.3 Å². The Morgan fingerprint density at radius 2 is 1.93 bits per heavy atom. The lowest BCUT2D eigenvalue weighted by molar-refractivity contribution is -0.143. The van der Waals surface area contributed by atoms with Crippen LogP contribution >= 0.6 is 11.3 Å². The van der Waals surface area contributed by atoms with Crippen molar-refractivity contribution >= 4 is 34.2 Å². The van der Waals surface area contributed by atoms with E-state index in [2.05, 4.69) is 10.3 Å². The van der Waals surface area contributed by atoms with Gasteiger partial charge in [0.1, 0.15) is 12.4 Å². The molecule has 1 saturated carbocycles. The lowest BCUT2D eigenvalue weighted by atomic mass is 9.85. The summed E-state index contributed by atoms with van der Waals surface area (Å²) < 4.78 is 13.7. The van der Waals surface area contributed by atoms with E-state index in [0.29, 0.717) is 17.1 Å². The summed E-state index contributed by atoms with van der Waals surface area (Å²) in [7, 11) is 0. The summed E-state index contributed by atoms with van der Waals surface area (Å²) in [6.07, 6.45) is 7.06. The standard InChI is InChI=1S/C22H20FN3O3S/c1-11-2-3-12(7-16(11)23)6-15-9-24-22(30-15)25-17(27)10-26-20(28)18-13-4-5-14(8-13)19(18)21(26)29/h2-5,7,9,13-14,18-19H,6,8,10H2,1H3,(H,24,25,27)/t13-,14-,18-,19-/m0/s1. The van der Waals surface area contributed by atoms with Crippen LogP contribution in [0.5, 0.6) is 0 Å². The van der Waals surface area contributed by atoms with E-state index in [1.165, 1.54) is 17.4 Å². The first-order valence-electron chi connectivity index (χ1n) is 9.94. The molecule has 6 nitrogen and oxygen atoms in total. The molecule has 3 amide bonds. The molecule has 2 bridgehead atoms. The van der Waals surface area contributed by atoms with Crippen molar-refractivity contribution in [3.63, 3.8) is 0 Å². The number of likely N-dealkylation sites (tertiary alicyclic amines) is 1. The van der Waals surface area contributed by atoms with Gasteiger partial charge in [0, 0.05) is 17.5 Å². The SMILES string of the molecule is Cc1ccc(Cc2cnc(NC(=O)CN3C(=O)[C@@H]4[C@@H](C3=O)[C@H]3C=C[C@H]4C3)s2)cc1F. The zero-order valence-electron chi connectivity index (χ0n) is 16.3. The number of fused-ring (bicyclic) bond motifs is 5. The predicted octanol–water partition coefficient (Wildman–Crippen LogP) is 2.93. The van der Waals surface area contributed by atoms with Crippen LogP contribution in [-0.2, 0) is 20.8 Å². The van der Waals surface area contributed by atoms with Crippen LogP contribution in [0.3, 0.4) is 0 Å². The Bertz CT molecular complexity index is 1070. The van der Waals surface area contributed by atoms with Crippen LogP contribution in [0.15, 0.2) is 36.5 Å². The molecule has 1 aliphatic heterocycles. The van der Waals surface area contributed by atoms with E-state index < -0.39 is 5.91 Å². The zero-order chi connectivity index (χ0) is 21.0. The summed E-state index contributed by atoms with van der Waals surface area (Å²) in [5.41, 5.74) is 1.41. The molecule has 1 N–H and O–H groups in total. The maximum absolute atomic E-state index is 13.7. The molecule has 0 radical (unpaired) electrons. The number of rotatable bonds is 5. The van der Waals surface area contributed by atoms with Crippen LogP contribution in [0.1, 0.15) is 22.4 Å². The first kappa shape index (κ1) is 19.1. The maximum Gasteiger partial charge on any atom is 0.246 e. The number of hydrogen-bond donors (Lipinski definition) is 1. The third-order valence-electron chi connectivity index (χ3n) is 6.28. The number of allylic oxidation sites excluding steroid dienone is 2. The fraction of sp³-hybridized carbons (Fsp3) is 0.364. The second kappa shape index (κ2) is 7.12. The number of thiazole rings is 1. The van der Waals surface area contributed by atoms with E-state index in [9.17, 15) is 18.8 Å². The highest BCUT2D eigenvalue weighted by molar-refractivity contribution is 7.15. The summed E-state index contributed by atoms with van der Waals surface area (Å²) in [5.74, 6) is -1.53. The van der Waals surface area contributed by atoms with Gasteiger partial charge in [0.05, 0.1) is 11.8 Å². The highest BCUT2D eigenvalue weighted by Crippen LogP contribution is 2.52. The first-order valence-corrected chi connectivity index (χ1v) is 10.8. The van der Waals surface area contributed by atoms with Gasteiger partial charge in [0.15, 0.2) is 5.13 Å². The predicted molar refractivity (Wildman–Crippen MR) is 109 cm³/mol. The van der Waals surface area contributed by atoms with Gasteiger partial charge in [0.25, 0.3) is 0 Å². The number of benzene rings is 1. The van der Waals surface area contributed by atoms with E-state index in [-0.39, 0.29) is 47.8 Å². The largest absolute Gasteiger partial charge is 0.300 e. The average molecular weight is 425 g/mol.